The van der Waals surface area contributed by atoms with E-state index < -0.39 is 0 Å². The standard InChI is InChI=1S/C18H18FN3O/c1-10(21-18(23)11-2-4-13(19)5-3-11)15-6-7-16-17(22-15)14-8-12(14)9-20-16/h2-7,10,12,14,20H,8-9H2,1H3,(H,21,23). The number of pyridine rings is 1. The molecule has 118 valence electrons. The Morgan fingerprint density at radius 2 is 2.09 bits per heavy atom. The first kappa shape index (κ1) is 14.2. The maximum atomic E-state index is 12.9. The molecule has 4 rings (SSSR count). The molecule has 2 aromatic rings. The van der Waals surface area contributed by atoms with E-state index in [1.165, 1.54) is 30.7 Å². The summed E-state index contributed by atoms with van der Waals surface area (Å²) >= 11 is 0. The van der Waals surface area contributed by atoms with Gasteiger partial charge in [0.05, 0.1) is 23.1 Å². The van der Waals surface area contributed by atoms with Crippen molar-refractivity contribution in [2.24, 2.45) is 5.92 Å². The lowest BCUT2D eigenvalue weighted by Gasteiger charge is -2.20. The third-order valence-corrected chi connectivity index (χ3v) is 4.67. The van der Waals surface area contributed by atoms with Gasteiger partial charge in [-0.15, -0.1) is 0 Å². The fourth-order valence-corrected chi connectivity index (χ4v) is 3.17. The van der Waals surface area contributed by atoms with Crippen LogP contribution in [0.5, 0.6) is 0 Å². The molecular formula is C18H18FN3O. The number of hydrogen-bond donors (Lipinski definition) is 2. The van der Waals surface area contributed by atoms with Crippen molar-refractivity contribution in [2.75, 3.05) is 11.9 Å². The Balaban J connectivity index is 1.51. The summed E-state index contributed by atoms with van der Waals surface area (Å²) in [5, 5.41) is 6.33. The molecular weight excluding hydrogens is 293 g/mol. The first-order chi connectivity index (χ1) is 11.1. The van der Waals surface area contributed by atoms with Crippen LogP contribution in [0.1, 0.15) is 47.1 Å². The van der Waals surface area contributed by atoms with Gasteiger partial charge in [-0.1, -0.05) is 0 Å². The molecule has 3 unspecified atom stereocenters. The van der Waals surface area contributed by atoms with Crippen molar-refractivity contribution < 1.29 is 9.18 Å². The number of hydrogen-bond acceptors (Lipinski definition) is 3. The van der Waals surface area contributed by atoms with Gasteiger partial charge in [-0.05, 0) is 55.7 Å². The summed E-state index contributed by atoms with van der Waals surface area (Å²) in [4.78, 5) is 17.0. The number of carbonyl (C=O) groups excluding carboxylic acids is 1. The summed E-state index contributed by atoms with van der Waals surface area (Å²) in [6.45, 7) is 2.95. The molecule has 5 heteroatoms. The molecule has 1 aliphatic carbocycles. The lowest BCUT2D eigenvalue weighted by molar-refractivity contribution is 0.0939. The number of benzene rings is 1. The van der Waals surface area contributed by atoms with Crippen LogP contribution >= 0.6 is 0 Å². The maximum absolute atomic E-state index is 12.9. The number of carbonyl (C=O) groups is 1. The second-order valence-corrected chi connectivity index (χ2v) is 6.35. The van der Waals surface area contributed by atoms with Crippen LogP contribution in [0.15, 0.2) is 36.4 Å². The molecule has 0 spiro atoms. The lowest BCUT2D eigenvalue weighted by Crippen LogP contribution is -2.27. The lowest BCUT2D eigenvalue weighted by atomic mass is 10.1. The van der Waals surface area contributed by atoms with Crippen molar-refractivity contribution in [3.8, 4) is 0 Å². The number of aromatic nitrogens is 1. The predicted octanol–water partition coefficient (Wildman–Crippen LogP) is 3.24. The number of anilines is 1. The molecule has 1 fully saturated rings. The normalized spacial score (nSPS) is 22.3. The molecule has 1 aliphatic heterocycles. The molecule has 2 heterocycles. The largest absolute Gasteiger partial charge is 0.383 e. The van der Waals surface area contributed by atoms with Crippen LogP contribution in [-0.2, 0) is 0 Å². The minimum absolute atomic E-state index is 0.197. The average Bonchev–Trinajstić information content (AvgIpc) is 3.35. The van der Waals surface area contributed by atoms with Gasteiger partial charge in [-0.25, -0.2) is 4.39 Å². The number of halogens is 1. The molecule has 0 bridgehead atoms. The zero-order valence-electron chi connectivity index (χ0n) is 12.8. The second kappa shape index (κ2) is 5.33. The molecule has 3 atom stereocenters. The van der Waals surface area contributed by atoms with Crippen LogP contribution in [0, 0.1) is 11.7 Å². The number of amides is 1. The number of rotatable bonds is 3. The molecule has 4 nitrogen and oxygen atoms in total. The van der Waals surface area contributed by atoms with Gasteiger partial charge in [-0.3, -0.25) is 9.78 Å². The van der Waals surface area contributed by atoms with E-state index in [2.05, 4.69) is 10.6 Å². The minimum atomic E-state index is -0.350. The van der Waals surface area contributed by atoms with Crippen molar-refractivity contribution >= 4 is 11.6 Å². The van der Waals surface area contributed by atoms with Gasteiger partial charge >= 0.3 is 0 Å². The van der Waals surface area contributed by atoms with E-state index in [0.29, 0.717) is 11.5 Å². The molecule has 1 aromatic heterocycles. The quantitative estimate of drug-likeness (QED) is 0.915. The smallest absolute Gasteiger partial charge is 0.251 e. The van der Waals surface area contributed by atoms with E-state index in [1.807, 2.05) is 19.1 Å². The maximum Gasteiger partial charge on any atom is 0.251 e. The highest BCUT2D eigenvalue weighted by Gasteiger charge is 2.43. The summed E-state index contributed by atoms with van der Waals surface area (Å²) in [5.74, 6) is 0.720. The Labute approximate surface area is 134 Å². The zero-order chi connectivity index (χ0) is 16.0. The Morgan fingerprint density at radius 3 is 2.87 bits per heavy atom. The molecule has 1 saturated carbocycles. The predicted molar refractivity (Wildman–Crippen MR) is 85.9 cm³/mol. The second-order valence-electron chi connectivity index (χ2n) is 6.35. The highest BCUT2D eigenvalue weighted by Crippen LogP contribution is 2.51. The highest BCUT2D eigenvalue weighted by atomic mass is 19.1. The van der Waals surface area contributed by atoms with Crippen molar-refractivity contribution in [3.05, 3.63) is 59.2 Å². The Kier molecular flexibility index (Phi) is 3.29. The summed E-state index contributed by atoms with van der Waals surface area (Å²) in [5.41, 5.74) is 3.54. The molecule has 2 aliphatic rings. The van der Waals surface area contributed by atoms with E-state index in [1.54, 1.807) is 0 Å². The first-order valence-electron chi connectivity index (χ1n) is 7.93. The number of nitrogens with one attached hydrogen (secondary N) is 2. The van der Waals surface area contributed by atoms with Gasteiger partial charge in [0.25, 0.3) is 5.91 Å². The molecule has 23 heavy (non-hydrogen) atoms. The van der Waals surface area contributed by atoms with Crippen LogP contribution in [0.3, 0.4) is 0 Å². The van der Waals surface area contributed by atoms with Crippen LogP contribution < -0.4 is 10.6 Å². The van der Waals surface area contributed by atoms with Crippen LogP contribution in [0.4, 0.5) is 10.1 Å². The van der Waals surface area contributed by atoms with Crippen molar-refractivity contribution in [1.29, 1.82) is 0 Å². The Hall–Kier alpha value is -2.43. The van der Waals surface area contributed by atoms with Crippen molar-refractivity contribution in [3.63, 3.8) is 0 Å². The fraction of sp³-hybridized carbons (Fsp3) is 0.333. The van der Waals surface area contributed by atoms with E-state index in [9.17, 15) is 9.18 Å². The van der Waals surface area contributed by atoms with E-state index in [-0.39, 0.29) is 17.8 Å². The minimum Gasteiger partial charge on any atom is -0.383 e. The summed E-state index contributed by atoms with van der Waals surface area (Å²) in [6.07, 6.45) is 1.20. The molecule has 1 amide bonds. The van der Waals surface area contributed by atoms with Gasteiger partial charge in [0, 0.05) is 18.0 Å². The van der Waals surface area contributed by atoms with Crippen LogP contribution in [0.25, 0.3) is 0 Å². The van der Waals surface area contributed by atoms with E-state index in [0.717, 1.165) is 29.5 Å². The summed E-state index contributed by atoms with van der Waals surface area (Å²) in [7, 11) is 0. The molecule has 0 saturated heterocycles. The van der Waals surface area contributed by atoms with Gasteiger partial charge in [0.2, 0.25) is 0 Å². The third-order valence-electron chi connectivity index (χ3n) is 4.67. The Bertz CT molecular complexity index is 759. The van der Waals surface area contributed by atoms with Crippen molar-refractivity contribution in [2.45, 2.75) is 25.3 Å². The van der Waals surface area contributed by atoms with Gasteiger partial charge in [-0.2, -0.15) is 0 Å². The summed E-state index contributed by atoms with van der Waals surface area (Å²) < 4.78 is 12.9. The van der Waals surface area contributed by atoms with Crippen LogP contribution in [-0.4, -0.2) is 17.4 Å². The fourth-order valence-electron chi connectivity index (χ4n) is 3.17. The van der Waals surface area contributed by atoms with E-state index in [4.69, 9.17) is 4.98 Å². The van der Waals surface area contributed by atoms with Gasteiger partial charge in [0.15, 0.2) is 0 Å². The van der Waals surface area contributed by atoms with Crippen molar-refractivity contribution in [1.82, 2.24) is 10.3 Å². The Morgan fingerprint density at radius 1 is 1.30 bits per heavy atom. The summed E-state index contributed by atoms with van der Waals surface area (Å²) in [6, 6.07) is 9.34. The molecule has 1 aromatic carbocycles. The number of nitrogens with zero attached hydrogens (tertiary/aromatic N) is 1. The molecule has 0 radical (unpaired) electrons. The van der Waals surface area contributed by atoms with Gasteiger partial charge in [0.1, 0.15) is 5.82 Å². The topological polar surface area (TPSA) is 54.0 Å². The zero-order valence-corrected chi connectivity index (χ0v) is 12.8. The highest BCUT2D eigenvalue weighted by molar-refractivity contribution is 5.94. The van der Waals surface area contributed by atoms with Crippen LogP contribution in [0.2, 0.25) is 0 Å². The average molecular weight is 311 g/mol. The third kappa shape index (κ3) is 2.67. The monoisotopic (exact) mass is 311 g/mol. The first-order valence-corrected chi connectivity index (χ1v) is 7.93. The van der Waals surface area contributed by atoms with E-state index >= 15 is 0 Å². The SMILES string of the molecule is CC(NC(=O)c1ccc(F)cc1)c1ccc2c(n1)C1CC1CN2. The molecule has 2 N–H and O–H groups in total. The number of fused-ring (bicyclic) bond motifs is 3. The van der Waals surface area contributed by atoms with Gasteiger partial charge < -0.3 is 10.6 Å².